The maximum Gasteiger partial charge on any atom is 0.302 e. The number of anilines is 1. The highest BCUT2D eigenvalue weighted by Crippen LogP contribution is 2.26. The zero-order chi connectivity index (χ0) is 10.7. The number of carbonyl (C=O) groups excluding carboxylic acids is 1. The molecule has 14 heavy (non-hydrogen) atoms. The molecule has 1 rings (SSSR count). The van der Waals surface area contributed by atoms with Gasteiger partial charge < -0.3 is 4.90 Å². The van der Waals surface area contributed by atoms with Crippen molar-refractivity contribution < 1.29 is 4.79 Å². The summed E-state index contributed by atoms with van der Waals surface area (Å²) < 4.78 is 0.864. The third-order valence-corrected chi connectivity index (χ3v) is 2.53. The summed E-state index contributed by atoms with van der Waals surface area (Å²) in [6.45, 7) is 1.98. The van der Waals surface area contributed by atoms with Gasteiger partial charge in [-0.2, -0.15) is 0 Å². The SMILES string of the molecule is C#CC(=O)N(C)c1ccc(C)cc1Br. The Balaban J connectivity index is 3.09. The molecule has 0 saturated carbocycles. The number of hydrogen-bond acceptors (Lipinski definition) is 1. The highest BCUT2D eigenvalue weighted by molar-refractivity contribution is 9.10. The lowest BCUT2D eigenvalue weighted by Crippen LogP contribution is -2.24. The minimum atomic E-state index is -0.352. The average molecular weight is 252 g/mol. The maximum absolute atomic E-state index is 11.2. The van der Waals surface area contributed by atoms with Gasteiger partial charge in [-0.25, -0.2) is 0 Å². The minimum Gasteiger partial charge on any atom is -0.304 e. The van der Waals surface area contributed by atoms with E-state index in [0.29, 0.717) is 0 Å². The van der Waals surface area contributed by atoms with Crippen molar-refractivity contribution in [2.45, 2.75) is 6.92 Å². The molecule has 0 aliphatic carbocycles. The first-order valence-corrected chi connectivity index (χ1v) is 4.86. The number of benzene rings is 1. The Morgan fingerprint density at radius 1 is 1.57 bits per heavy atom. The summed E-state index contributed by atoms with van der Waals surface area (Å²) in [5.41, 5.74) is 1.90. The number of carbonyl (C=O) groups is 1. The predicted molar refractivity (Wildman–Crippen MR) is 61.1 cm³/mol. The molecule has 0 spiro atoms. The van der Waals surface area contributed by atoms with Crippen molar-refractivity contribution in [1.29, 1.82) is 0 Å². The van der Waals surface area contributed by atoms with Gasteiger partial charge in [0.05, 0.1) is 5.69 Å². The topological polar surface area (TPSA) is 20.3 Å². The number of terminal acetylenes is 1. The van der Waals surface area contributed by atoms with Gasteiger partial charge in [-0.15, -0.1) is 6.42 Å². The quantitative estimate of drug-likeness (QED) is 0.702. The molecule has 0 unspecified atom stereocenters. The van der Waals surface area contributed by atoms with Crippen LogP contribution in [0.5, 0.6) is 0 Å². The van der Waals surface area contributed by atoms with Crippen molar-refractivity contribution in [2.75, 3.05) is 11.9 Å². The molecular formula is C11H10BrNO. The second-order valence-corrected chi connectivity index (χ2v) is 3.82. The van der Waals surface area contributed by atoms with Crippen LogP contribution >= 0.6 is 15.9 Å². The number of aryl methyl sites for hydroxylation is 1. The summed E-state index contributed by atoms with van der Waals surface area (Å²) in [6.07, 6.45) is 5.03. The van der Waals surface area contributed by atoms with E-state index in [1.165, 1.54) is 4.90 Å². The fourth-order valence-corrected chi connectivity index (χ4v) is 1.85. The van der Waals surface area contributed by atoms with E-state index in [4.69, 9.17) is 6.42 Å². The van der Waals surface area contributed by atoms with E-state index in [9.17, 15) is 4.79 Å². The van der Waals surface area contributed by atoms with Crippen LogP contribution in [0, 0.1) is 19.3 Å². The van der Waals surface area contributed by atoms with Gasteiger partial charge in [0.2, 0.25) is 0 Å². The normalized spacial score (nSPS) is 9.29. The second-order valence-electron chi connectivity index (χ2n) is 2.96. The molecule has 0 aliphatic rings. The molecule has 0 fully saturated rings. The Labute approximate surface area is 92.0 Å². The third kappa shape index (κ3) is 2.15. The van der Waals surface area contributed by atoms with E-state index in [2.05, 4.69) is 21.9 Å². The Kier molecular flexibility index (Phi) is 3.32. The molecule has 0 heterocycles. The minimum absolute atomic E-state index is 0.352. The maximum atomic E-state index is 11.2. The Morgan fingerprint density at radius 3 is 2.71 bits per heavy atom. The average Bonchev–Trinajstić information content (AvgIpc) is 2.15. The summed E-state index contributed by atoms with van der Waals surface area (Å²) >= 11 is 3.38. The number of hydrogen-bond donors (Lipinski definition) is 0. The molecule has 1 aromatic carbocycles. The predicted octanol–water partition coefficient (Wildman–Crippen LogP) is 2.35. The molecule has 1 aromatic rings. The zero-order valence-electron chi connectivity index (χ0n) is 8.04. The molecule has 72 valence electrons. The Bertz CT molecular complexity index is 406. The lowest BCUT2D eigenvalue weighted by Gasteiger charge is -2.15. The zero-order valence-corrected chi connectivity index (χ0v) is 9.63. The van der Waals surface area contributed by atoms with Crippen LogP contribution in [-0.2, 0) is 4.79 Å². The van der Waals surface area contributed by atoms with Crippen LogP contribution in [0.2, 0.25) is 0 Å². The van der Waals surface area contributed by atoms with Crippen LogP contribution in [0.4, 0.5) is 5.69 Å². The van der Waals surface area contributed by atoms with E-state index < -0.39 is 0 Å². The van der Waals surface area contributed by atoms with Crippen molar-refractivity contribution in [3.8, 4) is 12.3 Å². The molecule has 0 radical (unpaired) electrons. The number of rotatable bonds is 1. The lowest BCUT2D eigenvalue weighted by atomic mass is 10.2. The van der Waals surface area contributed by atoms with Gasteiger partial charge in [-0.1, -0.05) is 6.07 Å². The first kappa shape index (κ1) is 10.8. The first-order valence-electron chi connectivity index (χ1n) is 4.06. The van der Waals surface area contributed by atoms with Gasteiger partial charge in [-0.3, -0.25) is 4.79 Å². The van der Waals surface area contributed by atoms with Crippen LogP contribution in [-0.4, -0.2) is 13.0 Å². The van der Waals surface area contributed by atoms with Crippen molar-refractivity contribution >= 4 is 27.5 Å². The van der Waals surface area contributed by atoms with Crippen molar-refractivity contribution in [2.24, 2.45) is 0 Å². The Morgan fingerprint density at radius 2 is 2.21 bits per heavy atom. The smallest absolute Gasteiger partial charge is 0.302 e. The molecular weight excluding hydrogens is 242 g/mol. The van der Waals surface area contributed by atoms with Crippen LogP contribution in [0.25, 0.3) is 0 Å². The Hall–Kier alpha value is -1.27. The second kappa shape index (κ2) is 4.30. The van der Waals surface area contributed by atoms with Gasteiger partial charge in [0, 0.05) is 11.5 Å². The van der Waals surface area contributed by atoms with Gasteiger partial charge in [0.1, 0.15) is 0 Å². The highest BCUT2D eigenvalue weighted by Gasteiger charge is 2.10. The molecule has 1 amide bonds. The molecule has 0 saturated heterocycles. The van der Waals surface area contributed by atoms with E-state index in [1.807, 2.05) is 25.1 Å². The van der Waals surface area contributed by atoms with Crippen LogP contribution in [0.15, 0.2) is 22.7 Å². The summed E-state index contributed by atoms with van der Waals surface area (Å²) in [5.74, 6) is 1.72. The van der Waals surface area contributed by atoms with Gasteiger partial charge in [0.25, 0.3) is 0 Å². The molecule has 0 aromatic heterocycles. The van der Waals surface area contributed by atoms with Crippen molar-refractivity contribution in [1.82, 2.24) is 0 Å². The van der Waals surface area contributed by atoms with Gasteiger partial charge in [0.15, 0.2) is 0 Å². The highest BCUT2D eigenvalue weighted by atomic mass is 79.9. The molecule has 0 bridgehead atoms. The van der Waals surface area contributed by atoms with Crippen LogP contribution in [0.3, 0.4) is 0 Å². The largest absolute Gasteiger partial charge is 0.304 e. The number of nitrogens with zero attached hydrogens (tertiary/aromatic N) is 1. The molecule has 3 heteroatoms. The van der Waals surface area contributed by atoms with E-state index in [-0.39, 0.29) is 5.91 Å². The van der Waals surface area contributed by atoms with E-state index >= 15 is 0 Å². The lowest BCUT2D eigenvalue weighted by molar-refractivity contribution is -0.113. The van der Waals surface area contributed by atoms with Gasteiger partial charge in [-0.05, 0) is 46.5 Å². The fourth-order valence-electron chi connectivity index (χ4n) is 1.09. The standard InChI is InChI=1S/C11H10BrNO/c1-4-11(14)13(3)10-6-5-8(2)7-9(10)12/h1,5-7H,2-3H3. The third-order valence-electron chi connectivity index (χ3n) is 1.89. The van der Waals surface area contributed by atoms with Crippen molar-refractivity contribution in [3.63, 3.8) is 0 Å². The molecule has 0 atom stereocenters. The summed E-state index contributed by atoms with van der Waals surface area (Å²) in [4.78, 5) is 12.7. The first-order chi connectivity index (χ1) is 6.56. The van der Waals surface area contributed by atoms with Gasteiger partial charge >= 0.3 is 5.91 Å². The summed E-state index contributed by atoms with van der Waals surface area (Å²) in [7, 11) is 1.65. The summed E-state index contributed by atoms with van der Waals surface area (Å²) in [5, 5.41) is 0. The fraction of sp³-hybridized carbons (Fsp3) is 0.182. The van der Waals surface area contributed by atoms with E-state index in [1.54, 1.807) is 7.05 Å². The van der Waals surface area contributed by atoms with Crippen LogP contribution in [0.1, 0.15) is 5.56 Å². The van der Waals surface area contributed by atoms with Crippen LogP contribution < -0.4 is 4.90 Å². The summed E-state index contributed by atoms with van der Waals surface area (Å²) in [6, 6.07) is 5.73. The number of halogens is 1. The molecule has 0 aliphatic heterocycles. The molecule has 0 N–H and O–H groups in total. The number of amides is 1. The monoisotopic (exact) mass is 251 g/mol. The van der Waals surface area contributed by atoms with E-state index in [0.717, 1.165) is 15.7 Å². The van der Waals surface area contributed by atoms with Crippen molar-refractivity contribution in [3.05, 3.63) is 28.2 Å². The molecule has 2 nitrogen and oxygen atoms in total.